The zero-order chi connectivity index (χ0) is 11.8. The Hall–Kier alpha value is -0.780. The van der Waals surface area contributed by atoms with Gasteiger partial charge in [0, 0.05) is 24.7 Å². The normalized spacial score (nSPS) is 18.2. The summed E-state index contributed by atoms with van der Waals surface area (Å²) in [4.78, 5) is 2.32. The molecule has 0 saturated heterocycles. The van der Waals surface area contributed by atoms with Crippen molar-refractivity contribution in [2.75, 3.05) is 30.3 Å². The van der Waals surface area contributed by atoms with E-state index in [0.29, 0.717) is 35.2 Å². The molecule has 0 spiro atoms. The van der Waals surface area contributed by atoms with Gasteiger partial charge in [0.25, 0.3) is 0 Å². The molecule has 1 aliphatic heterocycles. The van der Waals surface area contributed by atoms with Crippen LogP contribution in [0.5, 0.6) is 0 Å². The minimum absolute atomic E-state index is 0.141. The number of nitrogens with zero attached hydrogens (tertiary/aromatic N) is 1. The van der Waals surface area contributed by atoms with Gasteiger partial charge in [-0.15, -0.1) is 0 Å². The Labute approximate surface area is 99.9 Å². The monoisotopic (exact) mass is 260 g/mol. The van der Waals surface area contributed by atoms with Crippen molar-refractivity contribution >= 4 is 27.1 Å². The molecule has 1 aliphatic rings. The van der Waals surface area contributed by atoms with Crippen LogP contribution in [0.2, 0.25) is 5.02 Å². The summed E-state index contributed by atoms with van der Waals surface area (Å²) in [7, 11) is -3.15. The molecule has 1 aromatic carbocycles. The van der Waals surface area contributed by atoms with Gasteiger partial charge in [-0.3, -0.25) is 0 Å². The van der Waals surface area contributed by atoms with Gasteiger partial charge in [0.15, 0.2) is 9.84 Å². The number of halogens is 1. The molecule has 2 rings (SSSR count). The Morgan fingerprint density at radius 2 is 2.19 bits per heavy atom. The van der Waals surface area contributed by atoms with Gasteiger partial charge in [-0.05, 0) is 18.2 Å². The van der Waals surface area contributed by atoms with E-state index >= 15 is 0 Å². The number of nitrogens with two attached hydrogens (primary N) is 1. The summed E-state index contributed by atoms with van der Waals surface area (Å²) in [5.41, 5.74) is 6.17. The predicted octanol–water partition coefficient (Wildman–Crippen LogP) is 0.892. The molecular formula is C10H13ClN2O2S. The standard InChI is InChI=1S/C10H13ClN2O2S/c11-8-1-2-10-9(7-8)13(4-3-12)5-6-16(10,14)15/h1-2,7H,3-6,12H2. The first kappa shape index (κ1) is 11.7. The van der Waals surface area contributed by atoms with Crippen LogP contribution in [0.4, 0.5) is 5.69 Å². The van der Waals surface area contributed by atoms with Crippen LogP contribution in [0.1, 0.15) is 0 Å². The van der Waals surface area contributed by atoms with Gasteiger partial charge in [-0.2, -0.15) is 0 Å². The Kier molecular flexibility index (Phi) is 3.10. The molecule has 2 N–H and O–H groups in total. The predicted molar refractivity (Wildman–Crippen MR) is 64.8 cm³/mol. The smallest absolute Gasteiger partial charge is 0.182 e. The first-order valence-electron chi connectivity index (χ1n) is 5.02. The maximum atomic E-state index is 11.8. The van der Waals surface area contributed by atoms with Gasteiger partial charge in [0.05, 0.1) is 16.3 Å². The highest BCUT2D eigenvalue weighted by molar-refractivity contribution is 7.91. The zero-order valence-corrected chi connectivity index (χ0v) is 10.3. The highest BCUT2D eigenvalue weighted by atomic mass is 35.5. The molecule has 4 nitrogen and oxygen atoms in total. The lowest BCUT2D eigenvalue weighted by Crippen LogP contribution is -2.38. The van der Waals surface area contributed by atoms with Gasteiger partial charge < -0.3 is 10.6 Å². The third kappa shape index (κ3) is 2.03. The average molecular weight is 261 g/mol. The molecule has 1 heterocycles. The molecule has 0 aromatic heterocycles. The van der Waals surface area contributed by atoms with E-state index in [1.54, 1.807) is 18.2 Å². The number of sulfone groups is 1. The van der Waals surface area contributed by atoms with Crippen LogP contribution in [-0.2, 0) is 9.84 Å². The number of rotatable bonds is 2. The Morgan fingerprint density at radius 3 is 2.88 bits per heavy atom. The third-order valence-corrected chi connectivity index (χ3v) is 4.60. The largest absolute Gasteiger partial charge is 0.368 e. The highest BCUT2D eigenvalue weighted by Gasteiger charge is 2.27. The van der Waals surface area contributed by atoms with Crippen LogP contribution in [-0.4, -0.2) is 33.8 Å². The summed E-state index contributed by atoms with van der Waals surface area (Å²) < 4.78 is 23.7. The van der Waals surface area contributed by atoms with E-state index in [2.05, 4.69) is 0 Å². The van der Waals surface area contributed by atoms with E-state index in [4.69, 9.17) is 17.3 Å². The molecule has 0 saturated carbocycles. The Bertz CT molecular complexity index is 502. The van der Waals surface area contributed by atoms with Gasteiger partial charge in [0.1, 0.15) is 0 Å². The van der Waals surface area contributed by atoms with Crippen molar-refractivity contribution in [1.82, 2.24) is 0 Å². The molecule has 0 bridgehead atoms. The first-order chi connectivity index (χ1) is 7.54. The van der Waals surface area contributed by atoms with Crippen LogP contribution < -0.4 is 10.6 Å². The first-order valence-corrected chi connectivity index (χ1v) is 7.05. The second-order valence-electron chi connectivity index (χ2n) is 3.71. The van der Waals surface area contributed by atoms with Crippen molar-refractivity contribution in [3.05, 3.63) is 23.2 Å². The summed E-state index contributed by atoms with van der Waals surface area (Å²) in [6.07, 6.45) is 0. The molecule has 0 atom stereocenters. The maximum absolute atomic E-state index is 11.8. The molecular weight excluding hydrogens is 248 g/mol. The molecule has 88 valence electrons. The molecule has 6 heteroatoms. The number of fused-ring (bicyclic) bond motifs is 1. The van der Waals surface area contributed by atoms with Gasteiger partial charge in [-0.25, -0.2) is 8.42 Å². The van der Waals surface area contributed by atoms with Crippen LogP contribution >= 0.6 is 11.6 Å². The van der Waals surface area contributed by atoms with Crippen molar-refractivity contribution in [2.45, 2.75) is 4.90 Å². The lowest BCUT2D eigenvalue weighted by molar-refractivity contribution is 0.589. The van der Waals surface area contributed by atoms with Crippen molar-refractivity contribution < 1.29 is 8.42 Å². The third-order valence-electron chi connectivity index (χ3n) is 2.63. The van der Waals surface area contributed by atoms with E-state index in [-0.39, 0.29) is 5.75 Å². The minimum atomic E-state index is -3.15. The number of hydrogen-bond donors (Lipinski definition) is 1. The van der Waals surface area contributed by atoms with Gasteiger partial charge in [-0.1, -0.05) is 11.6 Å². The van der Waals surface area contributed by atoms with Crippen molar-refractivity contribution in [3.63, 3.8) is 0 Å². The number of hydrogen-bond acceptors (Lipinski definition) is 4. The van der Waals surface area contributed by atoms with E-state index < -0.39 is 9.84 Å². The molecule has 0 aliphatic carbocycles. The van der Waals surface area contributed by atoms with E-state index in [1.807, 2.05) is 4.90 Å². The van der Waals surface area contributed by atoms with Crippen LogP contribution in [0.25, 0.3) is 0 Å². The maximum Gasteiger partial charge on any atom is 0.182 e. The van der Waals surface area contributed by atoms with Gasteiger partial charge >= 0.3 is 0 Å². The summed E-state index contributed by atoms with van der Waals surface area (Å²) in [5, 5.41) is 0.540. The quantitative estimate of drug-likeness (QED) is 0.858. The molecule has 0 unspecified atom stereocenters. The Morgan fingerprint density at radius 1 is 1.44 bits per heavy atom. The SMILES string of the molecule is NCCN1CCS(=O)(=O)c2ccc(Cl)cc21. The fourth-order valence-electron chi connectivity index (χ4n) is 1.85. The highest BCUT2D eigenvalue weighted by Crippen LogP contribution is 2.32. The minimum Gasteiger partial charge on any atom is -0.368 e. The van der Waals surface area contributed by atoms with Gasteiger partial charge in [0.2, 0.25) is 0 Å². The summed E-state index contributed by atoms with van der Waals surface area (Å²) in [5.74, 6) is 0.141. The number of anilines is 1. The summed E-state index contributed by atoms with van der Waals surface area (Å²) in [6, 6.07) is 4.85. The second kappa shape index (κ2) is 4.24. The van der Waals surface area contributed by atoms with Crippen molar-refractivity contribution in [1.29, 1.82) is 0 Å². The lowest BCUT2D eigenvalue weighted by Gasteiger charge is -2.30. The van der Waals surface area contributed by atoms with Crippen molar-refractivity contribution in [3.8, 4) is 0 Å². The number of benzene rings is 1. The molecule has 0 fully saturated rings. The lowest BCUT2D eigenvalue weighted by atomic mass is 10.2. The van der Waals surface area contributed by atoms with Crippen LogP contribution in [0, 0.1) is 0 Å². The fraction of sp³-hybridized carbons (Fsp3) is 0.400. The molecule has 16 heavy (non-hydrogen) atoms. The Balaban J connectivity index is 2.54. The molecule has 1 aromatic rings. The summed E-state index contributed by atoms with van der Waals surface area (Å²) >= 11 is 5.88. The van der Waals surface area contributed by atoms with E-state index in [0.717, 1.165) is 0 Å². The van der Waals surface area contributed by atoms with E-state index in [9.17, 15) is 8.42 Å². The van der Waals surface area contributed by atoms with Crippen LogP contribution in [0.3, 0.4) is 0 Å². The fourth-order valence-corrected chi connectivity index (χ4v) is 3.48. The van der Waals surface area contributed by atoms with E-state index in [1.165, 1.54) is 0 Å². The second-order valence-corrected chi connectivity index (χ2v) is 6.22. The topological polar surface area (TPSA) is 63.4 Å². The van der Waals surface area contributed by atoms with Crippen LogP contribution in [0.15, 0.2) is 23.1 Å². The molecule has 0 radical (unpaired) electrons. The summed E-state index contributed by atoms with van der Waals surface area (Å²) in [6.45, 7) is 1.61. The van der Waals surface area contributed by atoms with Crippen molar-refractivity contribution in [2.24, 2.45) is 5.73 Å². The molecule has 0 amide bonds. The zero-order valence-electron chi connectivity index (χ0n) is 8.69. The average Bonchev–Trinajstić information content (AvgIpc) is 2.22.